The van der Waals surface area contributed by atoms with E-state index in [1.807, 2.05) is 20.8 Å². The number of hydrogen-bond acceptors (Lipinski definition) is 2. The SMILES string of the molecule is CC(Cl)/C(=N/O)C(C)(C)C. The van der Waals surface area contributed by atoms with E-state index >= 15 is 0 Å². The summed E-state index contributed by atoms with van der Waals surface area (Å²) in [5, 5.41) is 11.5. The third-order valence-electron chi connectivity index (χ3n) is 1.25. The molecule has 10 heavy (non-hydrogen) atoms. The Balaban J connectivity index is 4.40. The van der Waals surface area contributed by atoms with E-state index in [4.69, 9.17) is 16.8 Å². The number of nitrogens with zero attached hydrogens (tertiary/aromatic N) is 1. The van der Waals surface area contributed by atoms with Crippen LogP contribution >= 0.6 is 11.6 Å². The molecule has 3 heteroatoms. The predicted molar refractivity (Wildman–Crippen MR) is 44.0 cm³/mol. The average Bonchev–Trinajstić information content (AvgIpc) is 1.60. The number of hydrogen-bond donors (Lipinski definition) is 1. The molecule has 0 rings (SSSR count). The molecule has 0 aromatic rings. The minimum Gasteiger partial charge on any atom is -0.411 e. The molecule has 0 aliphatic rings. The van der Waals surface area contributed by atoms with Crippen LogP contribution in [-0.2, 0) is 0 Å². The zero-order valence-corrected chi connectivity index (χ0v) is 7.61. The summed E-state index contributed by atoms with van der Waals surface area (Å²) in [6, 6.07) is 0. The molecule has 0 aliphatic heterocycles. The van der Waals surface area contributed by atoms with Gasteiger partial charge in [-0.3, -0.25) is 0 Å². The van der Waals surface area contributed by atoms with Gasteiger partial charge in [-0.25, -0.2) is 0 Å². The average molecular weight is 164 g/mol. The van der Waals surface area contributed by atoms with Gasteiger partial charge < -0.3 is 5.21 Å². The molecule has 0 amide bonds. The van der Waals surface area contributed by atoms with Crippen LogP contribution in [0.2, 0.25) is 0 Å². The van der Waals surface area contributed by atoms with E-state index < -0.39 is 0 Å². The van der Waals surface area contributed by atoms with Crippen LogP contribution in [0.25, 0.3) is 0 Å². The van der Waals surface area contributed by atoms with Crippen molar-refractivity contribution in [3.63, 3.8) is 0 Å². The zero-order chi connectivity index (χ0) is 8.36. The van der Waals surface area contributed by atoms with Gasteiger partial charge in [-0.05, 0) is 6.92 Å². The summed E-state index contributed by atoms with van der Waals surface area (Å²) < 4.78 is 0. The fraction of sp³-hybridized carbons (Fsp3) is 0.857. The lowest BCUT2D eigenvalue weighted by molar-refractivity contribution is 0.309. The van der Waals surface area contributed by atoms with Gasteiger partial charge in [0.15, 0.2) is 0 Å². The monoisotopic (exact) mass is 163 g/mol. The van der Waals surface area contributed by atoms with E-state index in [9.17, 15) is 0 Å². The van der Waals surface area contributed by atoms with Crippen molar-refractivity contribution in [2.24, 2.45) is 10.6 Å². The van der Waals surface area contributed by atoms with E-state index in [1.54, 1.807) is 6.92 Å². The van der Waals surface area contributed by atoms with Crippen molar-refractivity contribution in [1.82, 2.24) is 0 Å². The molecule has 0 spiro atoms. The van der Waals surface area contributed by atoms with Crippen molar-refractivity contribution in [3.05, 3.63) is 0 Å². The number of halogens is 1. The highest BCUT2D eigenvalue weighted by atomic mass is 35.5. The Bertz CT molecular complexity index is 135. The van der Waals surface area contributed by atoms with Gasteiger partial charge in [0.2, 0.25) is 0 Å². The quantitative estimate of drug-likeness (QED) is 0.274. The van der Waals surface area contributed by atoms with Crippen molar-refractivity contribution in [1.29, 1.82) is 0 Å². The number of oxime groups is 1. The Morgan fingerprint density at radius 1 is 1.50 bits per heavy atom. The first-order valence-corrected chi connectivity index (χ1v) is 3.69. The van der Waals surface area contributed by atoms with Crippen molar-refractivity contribution < 1.29 is 5.21 Å². The van der Waals surface area contributed by atoms with Crippen LogP contribution in [0, 0.1) is 5.41 Å². The normalized spacial score (nSPS) is 17.1. The summed E-state index contributed by atoms with van der Waals surface area (Å²) in [5.74, 6) is 0. The zero-order valence-electron chi connectivity index (χ0n) is 6.85. The Hall–Kier alpha value is -0.240. The summed E-state index contributed by atoms with van der Waals surface area (Å²) in [6.07, 6.45) is 0. The number of rotatable bonds is 1. The number of alkyl halides is 1. The van der Waals surface area contributed by atoms with E-state index in [0.29, 0.717) is 5.71 Å². The Kier molecular flexibility index (Phi) is 3.16. The molecule has 0 heterocycles. The van der Waals surface area contributed by atoms with Crippen molar-refractivity contribution in [3.8, 4) is 0 Å². The molecular weight excluding hydrogens is 150 g/mol. The van der Waals surface area contributed by atoms with Gasteiger partial charge >= 0.3 is 0 Å². The Morgan fingerprint density at radius 2 is 1.90 bits per heavy atom. The highest BCUT2D eigenvalue weighted by molar-refractivity contribution is 6.32. The van der Waals surface area contributed by atoms with Crippen LogP contribution in [-0.4, -0.2) is 16.3 Å². The molecule has 0 aromatic heterocycles. The maximum atomic E-state index is 8.54. The standard InChI is InChI=1S/C7H14ClNO/c1-5(8)6(9-10)7(2,3)4/h5,10H,1-4H3/b9-6-. The molecule has 0 saturated heterocycles. The molecule has 2 nitrogen and oxygen atoms in total. The van der Waals surface area contributed by atoms with Gasteiger partial charge in [-0.1, -0.05) is 25.9 Å². The maximum absolute atomic E-state index is 8.54. The molecule has 0 aromatic carbocycles. The van der Waals surface area contributed by atoms with E-state index in [2.05, 4.69) is 5.16 Å². The van der Waals surface area contributed by atoms with Crippen molar-refractivity contribution in [2.45, 2.75) is 33.1 Å². The second kappa shape index (κ2) is 3.24. The van der Waals surface area contributed by atoms with Gasteiger partial charge in [0.05, 0.1) is 11.1 Å². The third kappa shape index (κ3) is 2.56. The lowest BCUT2D eigenvalue weighted by Crippen LogP contribution is -2.27. The Morgan fingerprint density at radius 3 is 1.90 bits per heavy atom. The van der Waals surface area contributed by atoms with Crippen molar-refractivity contribution >= 4 is 17.3 Å². The van der Waals surface area contributed by atoms with Gasteiger partial charge in [-0.15, -0.1) is 11.6 Å². The second-order valence-electron chi connectivity index (χ2n) is 3.35. The van der Waals surface area contributed by atoms with Crippen LogP contribution in [0.5, 0.6) is 0 Å². The lowest BCUT2D eigenvalue weighted by Gasteiger charge is -2.21. The molecule has 1 N–H and O–H groups in total. The molecule has 60 valence electrons. The van der Waals surface area contributed by atoms with Crippen LogP contribution in [0.4, 0.5) is 0 Å². The first-order chi connectivity index (χ1) is 4.39. The molecule has 0 aliphatic carbocycles. The lowest BCUT2D eigenvalue weighted by atomic mass is 9.88. The fourth-order valence-electron chi connectivity index (χ4n) is 0.826. The highest BCUT2D eigenvalue weighted by Crippen LogP contribution is 2.20. The van der Waals surface area contributed by atoms with E-state index in [-0.39, 0.29) is 10.8 Å². The van der Waals surface area contributed by atoms with E-state index in [0.717, 1.165) is 0 Å². The first-order valence-electron chi connectivity index (χ1n) is 3.26. The summed E-state index contributed by atoms with van der Waals surface area (Å²) >= 11 is 5.74. The maximum Gasteiger partial charge on any atom is 0.0799 e. The van der Waals surface area contributed by atoms with E-state index in [1.165, 1.54) is 0 Å². The van der Waals surface area contributed by atoms with Gasteiger partial charge in [0.1, 0.15) is 0 Å². The minimum atomic E-state index is -0.204. The summed E-state index contributed by atoms with van der Waals surface area (Å²) in [5.41, 5.74) is 0.477. The Labute approximate surface area is 66.9 Å². The van der Waals surface area contributed by atoms with Gasteiger partial charge in [0, 0.05) is 5.41 Å². The summed E-state index contributed by atoms with van der Waals surface area (Å²) in [6.45, 7) is 7.67. The molecule has 1 unspecified atom stereocenters. The highest BCUT2D eigenvalue weighted by Gasteiger charge is 2.23. The molecule has 0 saturated carbocycles. The summed E-state index contributed by atoms with van der Waals surface area (Å²) in [4.78, 5) is 0. The first kappa shape index (κ1) is 9.76. The smallest absolute Gasteiger partial charge is 0.0799 e. The summed E-state index contributed by atoms with van der Waals surface area (Å²) in [7, 11) is 0. The van der Waals surface area contributed by atoms with Gasteiger partial charge in [-0.2, -0.15) is 0 Å². The fourth-order valence-corrected chi connectivity index (χ4v) is 1.20. The predicted octanol–water partition coefficient (Wildman–Crippen LogP) is 2.49. The topological polar surface area (TPSA) is 32.6 Å². The molecule has 0 fully saturated rings. The van der Waals surface area contributed by atoms with Crippen LogP contribution in [0.15, 0.2) is 5.16 Å². The van der Waals surface area contributed by atoms with Crippen LogP contribution in [0.1, 0.15) is 27.7 Å². The minimum absolute atomic E-state index is 0.143. The van der Waals surface area contributed by atoms with Gasteiger partial charge in [0.25, 0.3) is 0 Å². The molecule has 0 radical (unpaired) electrons. The molecule has 0 bridgehead atoms. The molecular formula is C7H14ClNO. The second-order valence-corrected chi connectivity index (χ2v) is 4.01. The third-order valence-corrected chi connectivity index (χ3v) is 1.46. The largest absolute Gasteiger partial charge is 0.411 e. The van der Waals surface area contributed by atoms with Crippen LogP contribution < -0.4 is 0 Å². The van der Waals surface area contributed by atoms with Crippen LogP contribution in [0.3, 0.4) is 0 Å². The molecule has 1 atom stereocenters. The van der Waals surface area contributed by atoms with Crippen molar-refractivity contribution in [2.75, 3.05) is 0 Å².